The minimum absolute atomic E-state index is 0.265. The van der Waals surface area contributed by atoms with Crippen molar-refractivity contribution in [3.63, 3.8) is 0 Å². The molecule has 1 heterocycles. The number of benzene rings is 2. The molecule has 0 bridgehead atoms. The zero-order valence-corrected chi connectivity index (χ0v) is 16.8. The number of rotatable bonds is 7. The molecule has 0 aliphatic rings. The van der Waals surface area contributed by atoms with Crippen LogP contribution in [-0.4, -0.2) is 43.6 Å². The van der Waals surface area contributed by atoms with Gasteiger partial charge in [-0.2, -0.15) is 10.2 Å². The van der Waals surface area contributed by atoms with Crippen molar-refractivity contribution in [2.75, 3.05) is 21.3 Å². The third-order valence-electron chi connectivity index (χ3n) is 4.08. The molecule has 2 N–H and O–H groups in total. The number of amides is 1. The van der Waals surface area contributed by atoms with Gasteiger partial charge >= 0.3 is 0 Å². The molecule has 2 aromatic carbocycles. The molecule has 150 valence electrons. The van der Waals surface area contributed by atoms with E-state index in [1.54, 1.807) is 37.4 Å². The third-order valence-corrected chi connectivity index (χ3v) is 4.33. The Morgan fingerprint density at radius 3 is 2.31 bits per heavy atom. The first-order valence-corrected chi connectivity index (χ1v) is 8.88. The van der Waals surface area contributed by atoms with Crippen molar-refractivity contribution in [1.82, 2.24) is 15.6 Å². The number of halogens is 1. The number of carbonyl (C=O) groups excluding carboxylic acids is 1. The molecule has 9 heteroatoms. The number of hydrazone groups is 1. The van der Waals surface area contributed by atoms with E-state index in [9.17, 15) is 4.79 Å². The first-order valence-electron chi connectivity index (χ1n) is 8.50. The minimum atomic E-state index is -0.444. The fourth-order valence-corrected chi connectivity index (χ4v) is 2.71. The molecule has 8 nitrogen and oxygen atoms in total. The van der Waals surface area contributed by atoms with Crippen LogP contribution in [0.25, 0.3) is 11.3 Å². The molecule has 0 saturated heterocycles. The van der Waals surface area contributed by atoms with Crippen LogP contribution in [0, 0.1) is 0 Å². The Labute approximate surface area is 172 Å². The first kappa shape index (κ1) is 20.2. The van der Waals surface area contributed by atoms with Crippen molar-refractivity contribution in [3.05, 3.63) is 58.7 Å². The molecule has 3 aromatic rings. The van der Waals surface area contributed by atoms with E-state index in [1.165, 1.54) is 20.4 Å². The van der Waals surface area contributed by atoms with E-state index in [-0.39, 0.29) is 5.69 Å². The molecule has 0 aliphatic carbocycles. The molecule has 0 aliphatic heterocycles. The lowest BCUT2D eigenvalue weighted by atomic mass is 10.1. The molecule has 0 spiro atoms. The van der Waals surface area contributed by atoms with Crippen LogP contribution in [0.3, 0.4) is 0 Å². The number of H-pyrrole nitrogens is 1. The molecule has 0 radical (unpaired) electrons. The Balaban J connectivity index is 1.74. The second-order valence-electron chi connectivity index (χ2n) is 5.82. The minimum Gasteiger partial charge on any atom is -0.496 e. The molecule has 1 amide bonds. The van der Waals surface area contributed by atoms with Gasteiger partial charge in [-0.25, -0.2) is 5.43 Å². The van der Waals surface area contributed by atoms with Gasteiger partial charge in [0.05, 0.1) is 38.8 Å². The van der Waals surface area contributed by atoms with E-state index >= 15 is 0 Å². The Morgan fingerprint density at radius 1 is 1.07 bits per heavy atom. The molecule has 3 rings (SSSR count). The lowest BCUT2D eigenvalue weighted by Gasteiger charge is -2.12. The Kier molecular flexibility index (Phi) is 6.36. The Hall–Kier alpha value is -3.52. The predicted molar refractivity (Wildman–Crippen MR) is 110 cm³/mol. The standard InChI is InChI=1S/C20H19ClN4O4/c1-27-14-8-18(28-2)15(19(9-14)29-3)11-22-25-20(26)17-10-16(23-24-17)12-4-6-13(21)7-5-12/h4-11H,1-3H3,(H,23,24)(H,25,26)/b22-11-. The van der Waals surface area contributed by atoms with Crippen molar-refractivity contribution in [2.45, 2.75) is 0 Å². The van der Waals surface area contributed by atoms with Crippen molar-refractivity contribution < 1.29 is 19.0 Å². The fraction of sp³-hybridized carbons (Fsp3) is 0.150. The highest BCUT2D eigenvalue weighted by Gasteiger charge is 2.13. The van der Waals surface area contributed by atoms with E-state index < -0.39 is 5.91 Å². The van der Waals surface area contributed by atoms with E-state index in [2.05, 4.69) is 20.7 Å². The summed E-state index contributed by atoms with van der Waals surface area (Å²) >= 11 is 5.89. The van der Waals surface area contributed by atoms with Gasteiger partial charge in [-0.3, -0.25) is 9.89 Å². The molecule has 0 unspecified atom stereocenters. The van der Waals surface area contributed by atoms with Crippen LogP contribution < -0.4 is 19.6 Å². The maximum Gasteiger partial charge on any atom is 0.289 e. The van der Waals surface area contributed by atoms with Crippen molar-refractivity contribution in [1.29, 1.82) is 0 Å². The summed E-state index contributed by atoms with van der Waals surface area (Å²) in [6.45, 7) is 0. The number of methoxy groups -OCH3 is 3. The van der Waals surface area contributed by atoms with Gasteiger partial charge in [0.1, 0.15) is 22.9 Å². The van der Waals surface area contributed by atoms with Crippen LogP contribution in [0.4, 0.5) is 0 Å². The SMILES string of the molecule is COc1cc(OC)c(/C=N\NC(=O)c2cc(-c3ccc(Cl)cc3)n[nH]2)c(OC)c1. The van der Waals surface area contributed by atoms with Crippen LogP contribution in [0.15, 0.2) is 47.6 Å². The third kappa shape index (κ3) is 4.67. The average molecular weight is 415 g/mol. The van der Waals surface area contributed by atoms with Crippen molar-refractivity contribution in [2.24, 2.45) is 5.10 Å². The topological polar surface area (TPSA) is 97.8 Å². The summed E-state index contributed by atoms with van der Waals surface area (Å²) in [6, 6.07) is 12.2. The zero-order chi connectivity index (χ0) is 20.8. The van der Waals surface area contributed by atoms with Gasteiger partial charge in [0.2, 0.25) is 0 Å². The van der Waals surface area contributed by atoms with E-state index in [4.69, 9.17) is 25.8 Å². The van der Waals surface area contributed by atoms with Crippen LogP contribution in [0.2, 0.25) is 5.02 Å². The highest BCUT2D eigenvalue weighted by Crippen LogP contribution is 2.32. The molecule has 0 saturated carbocycles. The maximum absolute atomic E-state index is 12.3. The number of nitrogens with zero attached hydrogens (tertiary/aromatic N) is 2. The number of nitrogens with one attached hydrogen (secondary N) is 2. The van der Waals surface area contributed by atoms with Gasteiger partial charge in [-0.05, 0) is 18.2 Å². The van der Waals surface area contributed by atoms with E-state index in [1.807, 2.05) is 12.1 Å². The quantitative estimate of drug-likeness (QED) is 0.455. The summed E-state index contributed by atoms with van der Waals surface area (Å²) in [5, 5.41) is 11.5. The second kappa shape index (κ2) is 9.11. The molecule has 29 heavy (non-hydrogen) atoms. The summed E-state index contributed by atoms with van der Waals surface area (Å²) in [4.78, 5) is 12.3. The van der Waals surface area contributed by atoms with Gasteiger partial charge in [-0.1, -0.05) is 23.7 Å². The predicted octanol–water partition coefficient (Wildman–Crippen LogP) is 3.52. The summed E-state index contributed by atoms with van der Waals surface area (Å²) < 4.78 is 15.9. The number of aromatic amines is 1. The molecular formula is C20H19ClN4O4. The Bertz CT molecular complexity index is 1010. The number of aromatic nitrogens is 2. The summed E-state index contributed by atoms with van der Waals surface area (Å²) in [5.74, 6) is 1.11. The smallest absolute Gasteiger partial charge is 0.289 e. The Morgan fingerprint density at radius 2 is 1.72 bits per heavy atom. The van der Waals surface area contributed by atoms with Crippen LogP contribution in [0.5, 0.6) is 17.2 Å². The van der Waals surface area contributed by atoms with Gasteiger partial charge < -0.3 is 14.2 Å². The highest BCUT2D eigenvalue weighted by atomic mass is 35.5. The monoisotopic (exact) mass is 414 g/mol. The summed E-state index contributed by atoms with van der Waals surface area (Å²) in [7, 11) is 4.59. The molecule has 0 atom stereocenters. The van der Waals surface area contributed by atoms with Crippen LogP contribution >= 0.6 is 11.6 Å². The average Bonchev–Trinajstić information content (AvgIpc) is 3.24. The highest BCUT2D eigenvalue weighted by molar-refractivity contribution is 6.30. The number of carbonyl (C=O) groups is 1. The zero-order valence-electron chi connectivity index (χ0n) is 16.0. The van der Waals surface area contributed by atoms with E-state index in [0.717, 1.165) is 5.56 Å². The van der Waals surface area contributed by atoms with Gasteiger partial charge in [-0.15, -0.1) is 0 Å². The van der Waals surface area contributed by atoms with Gasteiger partial charge in [0.25, 0.3) is 5.91 Å². The molecule has 1 aromatic heterocycles. The normalized spacial score (nSPS) is 10.8. The first-order chi connectivity index (χ1) is 14.0. The number of hydrogen-bond acceptors (Lipinski definition) is 6. The molecule has 0 fully saturated rings. The summed E-state index contributed by atoms with van der Waals surface area (Å²) in [6.07, 6.45) is 1.44. The maximum atomic E-state index is 12.3. The lowest BCUT2D eigenvalue weighted by molar-refractivity contribution is 0.0950. The van der Waals surface area contributed by atoms with Gasteiger partial charge in [0.15, 0.2) is 0 Å². The summed E-state index contributed by atoms with van der Waals surface area (Å²) in [5.41, 5.74) is 4.72. The fourth-order valence-electron chi connectivity index (χ4n) is 2.58. The number of ether oxygens (including phenoxy) is 3. The van der Waals surface area contributed by atoms with Crippen LogP contribution in [-0.2, 0) is 0 Å². The van der Waals surface area contributed by atoms with E-state index in [0.29, 0.717) is 33.5 Å². The van der Waals surface area contributed by atoms with Crippen molar-refractivity contribution in [3.8, 4) is 28.5 Å². The largest absolute Gasteiger partial charge is 0.496 e. The molecular weight excluding hydrogens is 396 g/mol. The van der Waals surface area contributed by atoms with Crippen molar-refractivity contribution >= 4 is 23.7 Å². The van der Waals surface area contributed by atoms with Gasteiger partial charge in [0, 0.05) is 22.7 Å². The number of hydrogen-bond donors (Lipinski definition) is 2. The van der Waals surface area contributed by atoms with Crippen LogP contribution in [0.1, 0.15) is 16.1 Å². The lowest BCUT2D eigenvalue weighted by Crippen LogP contribution is -2.18. The second-order valence-corrected chi connectivity index (χ2v) is 6.25.